The van der Waals surface area contributed by atoms with Crippen LogP contribution in [0, 0.1) is 5.92 Å². The van der Waals surface area contributed by atoms with Crippen LogP contribution >= 0.6 is 0 Å². The minimum absolute atomic E-state index is 0.0434. The summed E-state index contributed by atoms with van der Waals surface area (Å²) in [6.45, 7) is 4.01. The number of carbonyl (C=O) groups excluding carboxylic acids is 2. The normalized spacial score (nSPS) is 10.6. The van der Waals surface area contributed by atoms with Crippen molar-refractivity contribution in [2.24, 2.45) is 5.92 Å². The summed E-state index contributed by atoms with van der Waals surface area (Å²) >= 11 is 0. The third-order valence-electron chi connectivity index (χ3n) is 3.48. The Morgan fingerprint density at radius 2 is 1.83 bits per heavy atom. The van der Waals surface area contributed by atoms with E-state index in [-0.39, 0.29) is 23.3 Å². The summed E-state index contributed by atoms with van der Waals surface area (Å²) < 4.78 is 0. The third-order valence-corrected chi connectivity index (χ3v) is 3.48. The van der Waals surface area contributed by atoms with E-state index in [4.69, 9.17) is 0 Å². The van der Waals surface area contributed by atoms with Crippen LogP contribution in [0.5, 0.6) is 0 Å². The van der Waals surface area contributed by atoms with Gasteiger partial charge in [-0.15, -0.1) is 0 Å². The first-order valence-corrected chi connectivity index (χ1v) is 7.79. The molecule has 2 aromatic rings. The van der Waals surface area contributed by atoms with Crippen LogP contribution in [0.15, 0.2) is 42.5 Å². The molecule has 2 rings (SSSR count). The van der Waals surface area contributed by atoms with Crippen molar-refractivity contribution in [3.8, 4) is 0 Å². The largest absolute Gasteiger partial charge is 0.354 e. The molecular formula is C19H22N2O2. The van der Waals surface area contributed by atoms with Crippen LogP contribution in [0.2, 0.25) is 0 Å². The predicted octanol–water partition coefficient (Wildman–Crippen LogP) is 3.26. The molecule has 120 valence electrons. The SMILES string of the molecule is CNC(=O)c1cc(C(=O)CC(C)C)cc(Cc2ccccc2)n1. The molecule has 0 radical (unpaired) electrons. The van der Waals surface area contributed by atoms with Gasteiger partial charge in [0.2, 0.25) is 0 Å². The molecule has 0 aliphatic rings. The molecule has 0 atom stereocenters. The molecule has 1 amide bonds. The highest BCUT2D eigenvalue weighted by Crippen LogP contribution is 2.15. The van der Waals surface area contributed by atoms with Crippen LogP contribution in [0.25, 0.3) is 0 Å². The van der Waals surface area contributed by atoms with Gasteiger partial charge < -0.3 is 5.32 Å². The highest BCUT2D eigenvalue weighted by atomic mass is 16.1. The van der Waals surface area contributed by atoms with Gasteiger partial charge in [0.25, 0.3) is 5.91 Å². The van der Waals surface area contributed by atoms with Crippen molar-refractivity contribution in [2.45, 2.75) is 26.7 Å². The highest BCUT2D eigenvalue weighted by Gasteiger charge is 2.15. The number of pyridine rings is 1. The summed E-state index contributed by atoms with van der Waals surface area (Å²) in [5.74, 6) is 0.0389. The number of hydrogen-bond donors (Lipinski definition) is 1. The van der Waals surface area contributed by atoms with Crippen LogP contribution in [0.3, 0.4) is 0 Å². The Kier molecular flexibility index (Phi) is 5.63. The van der Waals surface area contributed by atoms with E-state index in [0.717, 1.165) is 11.3 Å². The van der Waals surface area contributed by atoms with Crippen molar-refractivity contribution in [1.29, 1.82) is 0 Å². The average molecular weight is 310 g/mol. The smallest absolute Gasteiger partial charge is 0.269 e. The van der Waals surface area contributed by atoms with Gasteiger partial charge in [-0.2, -0.15) is 0 Å². The second kappa shape index (κ2) is 7.68. The van der Waals surface area contributed by atoms with E-state index in [1.165, 1.54) is 0 Å². The molecule has 4 heteroatoms. The van der Waals surface area contributed by atoms with Gasteiger partial charge >= 0.3 is 0 Å². The number of amides is 1. The summed E-state index contributed by atoms with van der Waals surface area (Å²) in [7, 11) is 1.56. The Bertz CT molecular complexity index is 694. The summed E-state index contributed by atoms with van der Waals surface area (Å²) in [4.78, 5) is 28.7. The van der Waals surface area contributed by atoms with Crippen LogP contribution in [0.4, 0.5) is 0 Å². The van der Waals surface area contributed by atoms with E-state index in [9.17, 15) is 9.59 Å². The first-order chi connectivity index (χ1) is 11.0. The van der Waals surface area contributed by atoms with Crippen molar-refractivity contribution in [2.75, 3.05) is 7.05 Å². The summed E-state index contributed by atoms with van der Waals surface area (Å²) in [6.07, 6.45) is 1.05. The quantitative estimate of drug-likeness (QED) is 0.833. The molecule has 0 bridgehead atoms. The maximum atomic E-state index is 12.4. The van der Waals surface area contributed by atoms with Crippen LogP contribution in [0.1, 0.15) is 52.4 Å². The maximum Gasteiger partial charge on any atom is 0.269 e. The zero-order valence-electron chi connectivity index (χ0n) is 13.8. The number of aromatic nitrogens is 1. The molecule has 1 N–H and O–H groups in total. The number of benzene rings is 1. The fourth-order valence-corrected chi connectivity index (χ4v) is 2.38. The van der Waals surface area contributed by atoms with Crippen molar-refractivity contribution < 1.29 is 9.59 Å². The Labute approximate surface area is 137 Å². The van der Waals surface area contributed by atoms with Gasteiger partial charge in [0.15, 0.2) is 5.78 Å². The summed E-state index contributed by atoms with van der Waals surface area (Å²) in [5.41, 5.74) is 2.66. The molecule has 0 unspecified atom stereocenters. The second-order valence-electron chi connectivity index (χ2n) is 6.00. The highest BCUT2D eigenvalue weighted by molar-refractivity contribution is 5.99. The fourth-order valence-electron chi connectivity index (χ4n) is 2.38. The van der Waals surface area contributed by atoms with Gasteiger partial charge in [-0.25, -0.2) is 4.98 Å². The van der Waals surface area contributed by atoms with Gasteiger partial charge in [-0.1, -0.05) is 44.2 Å². The van der Waals surface area contributed by atoms with E-state index < -0.39 is 0 Å². The molecule has 0 aliphatic carbocycles. The molecule has 1 aromatic carbocycles. The number of nitrogens with one attached hydrogen (secondary N) is 1. The molecule has 1 aromatic heterocycles. The van der Waals surface area contributed by atoms with Gasteiger partial charge in [0.1, 0.15) is 5.69 Å². The van der Waals surface area contributed by atoms with E-state index >= 15 is 0 Å². The summed E-state index contributed by atoms with van der Waals surface area (Å²) in [5, 5.41) is 2.57. The van der Waals surface area contributed by atoms with E-state index in [0.29, 0.717) is 18.4 Å². The zero-order chi connectivity index (χ0) is 16.8. The fraction of sp³-hybridized carbons (Fsp3) is 0.316. The van der Waals surface area contributed by atoms with E-state index in [1.807, 2.05) is 44.2 Å². The van der Waals surface area contributed by atoms with Gasteiger partial charge in [-0.05, 0) is 23.6 Å². The van der Waals surface area contributed by atoms with Gasteiger partial charge in [0, 0.05) is 31.1 Å². The first-order valence-electron chi connectivity index (χ1n) is 7.79. The molecule has 0 saturated heterocycles. The first kappa shape index (κ1) is 16.9. The number of hydrogen-bond acceptors (Lipinski definition) is 3. The lowest BCUT2D eigenvalue weighted by Gasteiger charge is -2.09. The standard InChI is InChI=1S/C19H22N2O2/c1-13(2)9-18(22)15-11-16(10-14-7-5-4-6-8-14)21-17(12-15)19(23)20-3/h4-8,11-13H,9-10H2,1-3H3,(H,20,23). The maximum absolute atomic E-state index is 12.4. The molecule has 1 heterocycles. The minimum Gasteiger partial charge on any atom is -0.354 e. The lowest BCUT2D eigenvalue weighted by molar-refractivity contribution is 0.0958. The molecule has 4 nitrogen and oxygen atoms in total. The Morgan fingerprint density at radius 3 is 2.43 bits per heavy atom. The molecule has 0 spiro atoms. The molecule has 0 saturated carbocycles. The molecule has 0 fully saturated rings. The molecule has 0 aliphatic heterocycles. The summed E-state index contributed by atoms with van der Waals surface area (Å²) in [6, 6.07) is 13.3. The Balaban J connectivity index is 2.37. The van der Waals surface area contributed by atoms with Crippen LogP contribution in [-0.2, 0) is 6.42 Å². The van der Waals surface area contributed by atoms with Crippen molar-refractivity contribution in [1.82, 2.24) is 10.3 Å². The number of Topliss-reactive ketones (excluding diaryl/α,β-unsaturated/α-hetero) is 1. The molecule has 23 heavy (non-hydrogen) atoms. The third kappa shape index (κ3) is 4.74. The predicted molar refractivity (Wildman–Crippen MR) is 90.7 cm³/mol. The Hall–Kier alpha value is -2.49. The van der Waals surface area contributed by atoms with Crippen molar-refractivity contribution in [3.63, 3.8) is 0 Å². The van der Waals surface area contributed by atoms with Gasteiger partial charge in [0.05, 0.1) is 0 Å². The number of rotatable bonds is 6. The van der Waals surface area contributed by atoms with E-state index in [2.05, 4.69) is 10.3 Å². The number of nitrogens with zero attached hydrogens (tertiary/aromatic N) is 1. The van der Waals surface area contributed by atoms with Gasteiger partial charge in [-0.3, -0.25) is 9.59 Å². The van der Waals surface area contributed by atoms with Crippen molar-refractivity contribution >= 4 is 11.7 Å². The van der Waals surface area contributed by atoms with Crippen LogP contribution < -0.4 is 5.32 Å². The monoisotopic (exact) mass is 310 g/mol. The van der Waals surface area contributed by atoms with Crippen molar-refractivity contribution in [3.05, 3.63) is 65.0 Å². The molecular weight excluding hydrogens is 288 g/mol. The average Bonchev–Trinajstić information content (AvgIpc) is 2.54. The van der Waals surface area contributed by atoms with Crippen LogP contribution in [-0.4, -0.2) is 23.7 Å². The number of ketones is 1. The lowest BCUT2D eigenvalue weighted by Crippen LogP contribution is -2.21. The Morgan fingerprint density at radius 1 is 1.13 bits per heavy atom. The topological polar surface area (TPSA) is 59.1 Å². The second-order valence-corrected chi connectivity index (χ2v) is 6.00. The minimum atomic E-state index is -0.279. The number of carbonyl (C=O) groups is 2. The lowest BCUT2D eigenvalue weighted by atomic mass is 9.99. The van der Waals surface area contributed by atoms with E-state index in [1.54, 1.807) is 19.2 Å². The zero-order valence-corrected chi connectivity index (χ0v) is 13.8.